The molecule has 0 N–H and O–H groups in total. The molecule has 28 heavy (non-hydrogen) atoms. The van der Waals surface area contributed by atoms with E-state index in [0.717, 1.165) is 54.1 Å². The Labute approximate surface area is 177 Å². The van der Waals surface area contributed by atoms with Crippen LogP contribution in [0.3, 0.4) is 0 Å². The van der Waals surface area contributed by atoms with Crippen LogP contribution in [0.15, 0.2) is 22.8 Å². The minimum Gasteiger partial charge on any atom is -0.376 e. The summed E-state index contributed by atoms with van der Waals surface area (Å²) in [4.78, 5) is 17.4. The van der Waals surface area contributed by atoms with Crippen LogP contribution in [0.25, 0.3) is 0 Å². The van der Waals surface area contributed by atoms with E-state index in [9.17, 15) is 4.79 Å². The number of likely N-dealkylation sites (tertiary alicyclic amines) is 1. The molecule has 148 valence electrons. The monoisotopic (exact) mass is 461 g/mol. The number of aromatic nitrogens is 2. The highest BCUT2D eigenvalue weighted by Gasteiger charge is 2.44. The number of fused-ring (bicyclic) bond motifs is 2. The number of nitrogens with zero attached hydrogens (tertiary/aromatic N) is 3. The Hall–Kier alpha value is -1.31. The van der Waals surface area contributed by atoms with Gasteiger partial charge in [-0.05, 0) is 83.1 Å². The van der Waals surface area contributed by atoms with Crippen LogP contribution in [0.2, 0.25) is 0 Å². The second kappa shape index (κ2) is 7.84. The van der Waals surface area contributed by atoms with Crippen molar-refractivity contribution in [2.45, 2.75) is 38.7 Å². The highest BCUT2D eigenvalue weighted by Crippen LogP contribution is 2.44. The van der Waals surface area contributed by atoms with Gasteiger partial charge in [0, 0.05) is 24.4 Å². The molecule has 3 aliphatic rings. The molecule has 0 bridgehead atoms. The van der Waals surface area contributed by atoms with Gasteiger partial charge in [-0.1, -0.05) is 0 Å². The van der Waals surface area contributed by atoms with Crippen molar-refractivity contribution in [3.63, 3.8) is 0 Å². The molecule has 2 aromatic rings. The van der Waals surface area contributed by atoms with Crippen molar-refractivity contribution in [2.75, 3.05) is 19.7 Å². The van der Waals surface area contributed by atoms with Gasteiger partial charge in [0.15, 0.2) is 0 Å². The predicted octanol–water partition coefficient (Wildman–Crippen LogP) is 4.10. The van der Waals surface area contributed by atoms with Crippen molar-refractivity contribution in [1.29, 1.82) is 0 Å². The molecule has 3 atom stereocenters. The molecule has 1 amide bonds. The van der Waals surface area contributed by atoms with Gasteiger partial charge in [0.2, 0.25) is 0 Å². The number of hydrogen-bond acceptors (Lipinski definition) is 5. The zero-order chi connectivity index (χ0) is 19.1. The van der Waals surface area contributed by atoms with E-state index in [1.807, 2.05) is 6.07 Å². The molecule has 0 aromatic carbocycles. The molecule has 4 heterocycles. The minimum atomic E-state index is 0.228. The van der Waals surface area contributed by atoms with Crippen LogP contribution >= 0.6 is 27.3 Å². The lowest BCUT2D eigenvalue weighted by molar-refractivity contribution is 0.0780. The van der Waals surface area contributed by atoms with Crippen LogP contribution in [-0.4, -0.2) is 40.7 Å². The third-order valence-corrected chi connectivity index (χ3v) is 8.24. The minimum absolute atomic E-state index is 0.228. The summed E-state index contributed by atoms with van der Waals surface area (Å²) in [6, 6.07) is 6.08. The number of rotatable bonds is 4. The first-order chi connectivity index (χ1) is 13.7. The van der Waals surface area contributed by atoms with Gasteiger partial charge in [0.25, 0.3) is 5.91 Å². The van der Waals surface area contributed by atoms with Gasteiger partial charge in [0.05, 0.1) is 23.8 Å². The third-order valence-electron chi connectivity index (χ3n) is 6.59. The maximum atomic E-state index is 13.1. The van der Waals surface area contributed by atoms with E-state index in [2.05, 4.69) is 43.2 Å². The normalized spacial score (nSPS) is 26.3. The predicted molar refractivity (Wildman–Crippen MR) is 111 cm³/mol. The molecule has 0 unspecified atom stereocenters. The first-order valence-electron chi connectivity index (χ1n) is 10.1. The largest absolute Gasteiger partial charge is 0.376 e. The van der Waals surface area contributed by atoms with E-state index in [-0.39, 0.29) is 5.91 Å². The van der Waals surface area contributed by atoms with Crippen LogP contribution in [0.1, 0.15) is 45.1 Å². The van der Waals surface area contributed by atoms with E-state index in [0.29, 0.717) is 24.4 Å². The van der Waals surface area contributed by atoms with E-state index in [1.54, 1.807) is 11.3 Å². The molecule has 5 nitrogen and oxygen atoms in total. The molecule has 1 saturated carbocycles. The summed E-state index contributed by atoms with van der Waals surface area (Å²) in [6.45, 7) is 3.28. The van der Waals surface area contributed by atoms with Gasteiger partial charge >= 0.3 is 0 Å². The first kappa shape index (κ1) is 18.7. The molecule has 1 saturated heterocycles. The molecule has 1 aliphatic carbocycles. The fourth-order valence-corrected chi connectivity index (χ4v) is 6.45. The Kier molecular flexibility index (Phi) is 5.24. The van der Waals surface area contributed by atoms with Crippen LogP contribution in [-0.2, 0) is 24.2 Å². The number of aryl methyl sites for hydroxylation is 1. The number of hydrogen-bond donors (Lipinski definition) is 0. The van der Waals surface area contributed by atoms with Gasteiger partial charge in [-0.3, -0.25) is 4.79 Å². The first-order valence-corrected chi connectivity index (χ1v) is 11.7. The Morgan fingerprint density at radius 2 is 2.21 bits per heavy atom. The average molecular weight is 462 g/mol. The smallest absolute Gasteiger partial charge is 0.263 e. The van der Waals surface area contributed by atoms with Crippen molar-refractivity contribution < 1.29 is 9.53 Å². The Morgan fingerprint density at radius 3 is 3.04 bits per heavy atom. The average Bonchev–Trinajstić information content (AvgIpc) is 3.41. The lowest BCUT2D eigenvalue weighted by Gasteiger charge is -2.20. The lowest BCUT2D eigenvalue weighted by Crippen LogP contribution is -2.29. The summed E-state index contributed by atoms with van der Waals surface area (Å²) in [6.07, 6.45) is 5.59. The van der Waals surface area contributed by atoms with Gasteiger partial charge in [0.1, 0.15) is 4.60 Å². The molecule has 5 rings (SSSR count). The number of carbonyl (C=O) groups is 1. The second-order valence-electron chi connectivity index (χ2n) is 8.22. The summed E-state index contributed by atoms with van der Waals surface area (Å²) >= 11 is 5.02. The van der Waals surface area contributed by atoms with Gasteiger partial charge < -0.3 is 9.64 Å². The maximum Gasteiger partial charge on any atom is 0.263 e. The topological polar surface area (TPSA) is 55.3 Å². The molecule has 0 spiro atoms. The Morgan fingerprint density at radius 1 is 1.29 bits per heavy atom. The number of halogens is 1. The second-order valence-corrected chi connectivity index (χ2v) is 10.2. The Balaban J connectivity index is 1.21. The third kappa shape index (κ3) is 3.64. The summed E-state index contributed by atoms with van der Waals surface area (Å²) in [7, 11) is 0. The van der Waals surface area contributed by atoms with Crippen LogP contribution in [0.4, 0.5) is 0 Å². The molecular weight excluding hydrogens is 438 g/mol. The van der Waals surface area contributed by atoms with Crippen LogP contribution in [0, 0.1) is 17.8 Å². The number of thiophene rings is 1. The fraction of sp³-hybridized carbons (Fsp3) is 0.571. The van der Waals surface area contributed by atoms with E-state index < -0.39 is 0 Å². The zero-order valence-corrected chi connectivity index (χ0v) is 18.2. The quantitative estimate of drug-likeness (QED) is 0.687. The maximum absolute atomic E-state index is 13.1. The standard InChI is InChI=1S/C21H24BrN3O2S/c22-20-6-5-16(23-24-20)4-3-13-1-2-14-10-25(11-17(13)14)21(26)19-9-15-12-27-8-7-18(15)28-19/h5-6,9,13-14,17H,1-4,7-8,10-12H2/t13-,14-,17-/m0/s1. The number of amides is 1. The fourth-order valence-electron chi connectivity index (χ4n) is 5.12. The summed E-state index contributed by atoms with van der Waals surface area (Å²) < 4.78 is 6.31. The molecule has 7 heteroatoms. The molecule has 2 fully saturated rings. The van der Waals surface area contributed by atoms with Crippen molar-refractivity contribution in [1.82, 2.24) is 15.1 Å². The highest BCUT2D eigenvalue weighted by molar-refractivity contribution is 9.10. The van der Waals surface area contributed by atoms with E-state index in [1.165, 1.54) is 23.3 Å². The van der Waals surface area contributed by atoms with Crippen molar-refractivity contribution in [3.05, 3.63) is 43.8 Å². The summed E-state index contributed by atoms with van der Waals surface area (Å²) in [5, 5.41) is 8.36. The molecule has 0 radical (unpaired) electrons. The van der Waals surface area contributed by atoms with Gasteiger partial charge in [-0.25, -0.2) is 0 Å². The van der Waals surface area contributed by atoms with Gasteiger partial charge in [-0.2, -0.15) is 5.10 Å². The van der Waals surface area contributed by atoms with Gasteiger partial charge in [-0.15, -0.1) is 16.4 Å². The number of carbonyl (C=O) groups excluding carboxylic acids is 1. The molecule has 2 aliphatic heterocycles. The van der Waals surface area contributed by atoms with Crippen LogP contribution < -0.4 is 0 Å². The van der Waals surface area contributed by atoms with E-state index >= 15 is 0 Å². The lowest BCUT2D eigenvalue weighted by atomic mass is 9.88. The van der Waals surface area contributed by atoms with Crippen molar-refractivity contribution >= 4 is 33.2 Å². The summed E-state index contributed by atoms with van der Waals surface area (Å²) in [5.41, 5.74) is 2.27. The Bertz CT molecular complexity index is 846. The SMILES string of the molecule is O=C(c1cc2c(s1)CCOC2)N1C[C@@H]2CC[C@@H](CCc3ccc(Br)nn3)[C@@H]2C1. The molecule has 2 aromatic heterocycles. The van der Waals surface area contributed by atoms with Crippen molar-refractivity contribution in [3.8, 4) is 0 Å². The highest BCUT2D eigenvalue weighted by atomic mass is 79.9. The van der Waals surface area contributed by atoms with Crippen molar-refractivity contribution in [2.24, 2.45) is 17.8 Å². The molecular formula is C21H24BrN3O2S. The number of ether oxygens (including phenoxy) is 1. The summed E-state index contributed by atoms with van der Waals surface area (Å²) in [5.74, 6) is 2.23. The van der Waals surface area contributed by atoms with E-state index in [4.69, 9.17) is 4.74 Å². The van der Waals surface area contributed by atoms with Crippen LogP contribution in [0.5, 0.6) is 0 Å². The zero-order valence-electron chi connectivity index (χ0n) is 15.8.